The zero-order valence-electron chi connectivity index (χ0n) is 26.9. The predicted molar refractivity (Wildman–Crippen MR) is 161 cm³/mol. The van der Waals surface area contributed by atoms with Crippen molar-refractivity contribution in [2.75, 3.05) is 73.2 Å². The topological polar surface area (TPSA) is 252 Å². The Morgan fingerprint density at radius 3 is 1.26 bits per heavy atom. The first-order valence-electron chi connectivity index (χ1n) is 15.4. The van der Waals surface area contributed by atoms with Gasteiger partial charge in [-0.2, -0.15) is 0 Å². The molecule has 18 nitrogen and oxygen atoms in total. The minimum Gasteiger partial charge on any atom is -0.481 e. The number of ether oxygens (including phenoxy) is 2. The first-order valence-corrected chi connectivity index (χ1v) is 15.4. The Kier molecular flexibility index (Phi) is 19.3. The highest BCUT2D eigenvalue weighted by atomic mass is 16.5. The third-order valence-electron chi connectivity index (χ3n) is 8.20. The second kappa shape index (κ2) is 22.0. The van der Waals surface area contributed by atoms with Gasteiger partial charge < -0.3 is 39.8 Å². The smallest absolute Gasteiger partial charge is 0.323 e. The average Bonchev–Trinajstić information content (AvgIpc) is 3.01. The number of rotatable bonds is 19. The standard InChI is InChI=1S/C29H48N4O14/c1-46-28(44)22(5-8-26(40)41)32-13-11-30(20(19-35)3-6-24(36)37)10-12-31(21(27(42)43)4-7-25(38)39)14-15-33(17-16-32)23(9-18-34)29(45)47-2/h19-23,34H,3-18H2,1-2H3,(H,36,37)(H,38,39)(H,40,41)(H,42,43). The van der Waals surface area contributed by atoms with Gasteiger partial charge in [0.2, 0.25) is 0 Å². The van der Waals surface area contributed by atoms with Gasteiger partial charge in [0.15, 0.2) is 0 Å². The summed E-state index contributed by atoms with van der Waals surface area (Å²) in [6, 6.07) is -4.16. The molecule has 0 spiro atoms. The fourth-order valence-electron chi connectivity index (χ4n) is 5.63. The molecule has 1 rings (SSSR count). The molecular formula is C29H48N4O14. The number of aliphatic hydroxyl groups is 1. The van der Waals surface area contributed by atoms with Crippen LogP contribution in [0.4, 0.5) is 0 Å². The van der Waals surface area contributed by atoms with E-state index in [2.05, 4.69) is 0 Å². The fraction of sp³-hybridized carbons (Fsp3) is 0.759. The summed E-state index contributed by atoms with van der Waals surface area (Å²) in [5, 5.41) is 47.6. The molecule has 1 saturated heterocycles. The predicted octanol–water partition coefficient (Wildman–Crippen LogP) is -1.71. The first kappa shape index (κ1) is 41.3. The second-order valence-corrected chi connectivity index (χ2v) is 11.1. The number of esters is 2. The molecule has 0 radical (unpaired) electrons. The third kappa shape index (κ3) is 14.7. The molecule has 0 bridgehead atoms. The molecule has 18 heteroatoms. The Morgan fingerprint density at radius 1 is 0.574 bits per heavy atom. The number of methoxy groups -OCH3 is 2. The van der Waals surface area contributed by atoms with Crippen LogP contribution in [0.2, 0.25) is 0 Å². The largest absolute Gasteiger partial charge is 0.481 e. The second-order valence-electron chi connectivity index (χ2n) is 11.1. The first-order chi connectivity index (χ1) is 22.3. The molecule has 0 amide bonds. The van der Waals surface area contributed by atoms with Gasteiger partial charge in [0.05, 0.1) is 20.3 Å². The normalized spacial score (nSPS) is 18.8. The Balaban J connectivity index is 3.67. The molecule has 0 saturated carbocycles. The van der Waals surface area contributed by atoms with Crippen LogP contribution >= 0.6 is 0 Å². The van der Waals surface area contributed by atoms with E-state index < -0.39 is 66.4 Å². The minimum atomic E-state index is -1.28. The van der Waals surface area contributed by atoms with Gasteiger partial charge in [-0.25, -0.2) is 0 Å². The number of aldehydes is 1. The van der Waals surface area contributed by atoms with Crippen molar-refractivity contribution < 1.29 is 68.6 Å². The third-order valence-corrected chi connectivity index (χ3v) is 8.20. The summed E-state index contributed by atoms with van der Waals surface area (Å²) in [5.41, 5.74) is 0. The van der Waals surface area contributed by atoms with Gasteiger partial charge in [-0.05, 0) is 25.7 Å². The lowest BCUT2D eigenvalue weighted by Gasteiger charge is -2.40. The highest BCUT2D eigenvalue weighted by Gasteiger charge is 2.34. The Morgan fingerprint density at radius 2 is 0.915 bits per heavy atom. The van der Waals surface area contributed by atoms with E-state index in [0.717, 1.165) is 7.11 Å². The van der Waals surface area contributed by atoms with Crippen LogP contribution in [0.3, 0.4) is 0 Å². The zero-order chi connectivity index (χ0) is 35.5. The lowest BCUT2D eigenvalue weighted by atomic mass is 10.1. The van der Waals surface area contributed by atoms with Crippen LogP contribution in [0.15, 0.2) is 0 Å². The summed E-state index contributed by atoms with van der Waals surface area (Å²) in [7, 11) is 2.33. The van der Waals surface area contributed by atoms with Crippen LogP contribution in [-0.4, -0.2) is 185 Å². The SMILES string of the molecule is COC(=O)C(CCC(=O)O)N1CCN(C(C=O)CCC(=O)O)CCN(C(CCC(=O)O)C(=O)O)CCN(C(CCO)C(=O)OC)CC1. The fourth-order valence-corrected chi connectivity index (χ4v) is 5.63. The van der Waals surface area contributed by atoms with Crippen molar-refractivity contribution in [3.05, 3.63) is 0 Å². The van der Waals surface area contributed by atoms with Crippen LogP contribution in [0, 0.1) is 0 Å². The van der Waals surface area contributed by atoms with E-state index in [-0.39, 0.29) is 97.5 Å². The molecule has 1 aliphatic heterocycles. The molecule has 5 N–H and O–H groups in total. The van der Waals surface area contributed by atoms with E-state index in [1.54, 1.807) is 14.7 Å². The van der Waals surface area contributed by atoms with Crippen LogP contribution in [0.1, 0.15) is 44.9 Å². The lowest BCUT2D eigenvalue weighted by Crippen LogP contribution is -2.56. The molecule has 1 fully saturated rings. The molecule has 1 aliphatic rings. The number of aliphatic hydroxyl groups excluding tert-OH is 1. The molecule has 0 aromatic heterocycles. The lowest BCUT2D eigenvalue weighted by molar-refractivity contribution is -0.151. The summed E-state index contributed by atoms with van der Waals surface area (Å²) in [6.07, 6.45) is -1.00. The van der Waals surface area contributed by atoms with Gasteiger partial charge in [0, 0.05) is 78.2 Å². The number of carbonyl (C=O) groups excluding carboxylic acids is 3. The Hall–Kier alpha value is -3.71. The molecular weight excluding hydrogens is 628 g/mol. The van der Waals surface area contributed by atoms with E-state index >= 15 is 0 Å². The summed E-state index contributed by atoms with van der Waals surface area (Å²) < 4.78 is 9.93. The Labute approximate surface area is 272 Å². The van der Waals surface area contributed by atoms with E-state index in [9.17, 15) is 59.1 Å². The zero-order valence-corrected chi connectivity index (χ0v) is 26.9. The maximum Gasteiger partial charge on any atom is 0.323 e. The number of carbonyl (C=O) groups is 7. The summed E-state index contributed by atoms with van der Waals surface area (Å²) in [6.45, 7) is -0.0288. The van der Waals surface area contributed by atoms with Crippen molar-refractivity contribution >= 4 is 42.1 Å². The van der Waals surface area contributed by atoms with Crippen LogP contribution < -0.4 is 0 Å². The number of hydrogen-bond acceptors (Lipinski definition) is 14. The molecule has 1 heterocycles. The van der Waals surface area contributed by atoms with E-state index in [1.807, 2.05) is 0 Å². The molecule has 0 aromatic rings. The molecule has 4 atom stereocenters. The maximum atomic E-state index is 12.9. The van der Waals surface area contributed by atoms with Crippen molar-refractivity contribution in [2.24, 2.45) is 0 Å². The van der Waals surface area contributed by atoms with Crippen molar-refractivity contribution in [1.82, 2.24) is 19.6 Å². The van der Waals surface area contributed by atoms with E-state index in [0.29, 0.717) is 6.29 Å². The minimum absolute atomic E-state index is 0.00365. The quantitative estimate of drug-likeness (QED) is 0.0754. The van der Waals surface area contributed by atoms with Gasteiger partial charge in [-0.3, -0.25) is 48.4 Å². The number of carboxylic acid groups (broad SMARTS) is 4. The Bertz CT molecular complexity index is 1060. The van der Waals surface area contributed by atoms with Gasteiger partial charge in [0.1, 0.15) is 24.4 Å². The van der Waals surface area contributed by atoms with Gasteiger partial charge in [0.25, 0.3) is 0 Å². The van der Waals surface area contributed by atoms with Crippen molar-refractivity contribution in [1.29, 1.82) is 0 Å². The summed E-state index contributed by atoms with van der Waals surface area (Å²) >= 11 is 0. The molecule has 0 aromatic carbocycles. The van der Waals surface area contributed by atoms with Crippen LogP contribution in [0.25, 0.3) is 0 Å². The maximum absolute atomic E-state index is 12.9. The van der Waals surface area contributed by atoms with Crippen molar-refractivity contribution in [2.45, 2.75) is 69.1 Å². The van der Waals surface area contributed by atoms with E-state index in [4.69, 9.17) is 9.47 Å². The number of carboxylic acids is 4. The number of nitrogens with zero attached hydrogens (tertiary/aromatic N) is 4. The summed E-state index contributed by atoms with van der Waals surface area (Å²) in [5.74, 6) is -6.12. The van der Waals surface area contributed by atoms with Crippen LogP contribution in [0.5, 0.6) is 0 Å². The van der Waals surface area contributed by atoms with Gasteiger partial charge in [-0.15, -0.1) is 0 Å². The van der Waals surface area contributed by atoms with Gasteiger partial charge >= 0.3 is 35.8 Å². The van der Waals surface area contributed by atoms with Crippen molar-refractivity contribution in [3.63, 3.8) is 0 Å². The summed E-state index contributed by atoms with van der Waals surface area (Å²) in [4.78, 5) is 90.8. The monoisotopic (exact) mass is 676 g/mol. The van der Waals surface area contributed by atoms with Gasteiger partial charge in [-0.1, -0.05) is 0 Å². The average molecular weight is 677 g/mol. The molecule has 268 valence electrons. The highest BCUT2D eigenvalue weighted by Crippen LogP contribution is 2.17. The number of hydrogen-bond donors (Lipinski definition) is 5. The highest BCUT2D eigenvalue weighted by molar-refractivity contribution is 5.77. The van der Waals surface area contributed by atoms with E-state index in [1.165, 1.54) is 12.0 Å². The molecule has 0 aliphatic carbocycles. The van der Waals surface area contributed by atoms with Crippen molar-refractivity contribution in [3.8, 4) is 0 Å². The molecule has 47 heavy (non-hydrogen) atoms. The van der Waals surface area contributed by atoms with Crippen LogP contribution in [-0.2, 0) is 43.0 Å². The molecule has 4 unspecified atom stereocenters. The number of aliphatic carboxylic acids is 4.